The smallest absolute Gasteiger partial charge is 0.225 e. The molecule has 0 aromatic heterocycles. The van der Waals surface area contributed by atoms with E-state index in [4.69, 9.17) is 9.73 Å². The molecule has 0 bridgehead atoms. The Labute approximate surface area is 211 Å². The molecule has 2 saturated heterocycles. The van der Waals surface area contributed by atoms with E-state index in [1.807, 2.05) is 18.7 Å². The summed E-state index contributed by atoms with van der Waals surface area (Å²) in [5.41, 5.74) is 2.53. The van der Waals surface area contributed by atoms with Crippen molar-refractivity contribution in [3.63, 3.8) is 0 Å². The number of piperidine rings is 1. The fourth-order valence-corrected chi connectivity index (χ4v) is 4.49. The van der Waals surface area contributed by atoms with Crippen LogP contribution in [0.1, 0.15) is 63.7 Å². The zero-order valence-electron chi connectivity index (χ0n) is 20.1. The Morgan fingerprint density at radius 1 is 1.19 bits per heavy atom. The Kier molecular flexibility index (Phi) is 11.2. The van der Waals surface area contributed by atoms with E-state index in [1.54, 1.807) is 0 Å². The van der Waals surface area contributed by atoms with E-state index in [2.05, 4.69) is 48.7 Å². The number of nitrogens with zero attached hydrogens (tertiary/aromatic N) is 2. The second-order valence-corrected chi connectivity index (χ2v) is 9.22. The summed E-state index contributed by atoms with van der Waals surface area (Å²) in [4.78, 5) is 19.2. The maximum Gasteiger partial charge on any atom is 0.225 e. The lowest BCUT2D eigenvalue weighted by Crippen LogP contribution is -2.50. The lowest BCUT2D eigenvalue weighted by molar-refractivity contribution is -0.135. The molecule has 0 radical (unpaired) electrons. The van der Waals surface area contributed by atoms with E-state index in [0.29, 0.717) is 12.0 Å². The average molecular weight is 557 g/mol. The highest BCUT2D eigenvalue weighted by atomic mass is 127. The van der Waals surface area contributed by atoms with Crippen molar-refractivity contribution in [2.45, 2.75) is 65.5 Å². The highest BCUT2D eigenvalue weighted by molar-refractivity contribution is 14.0. The minimum Gasteiger partial charge on any atom is -0.373 e. The monoisotopic (exact) mass is 556 g/mol. The molecule has 2 aliphatic rings. The van der Waals surface area contributed by atoms with Crippen molar-refractivity contribution in [2.24, 2.45) is 16.8 Å². The van der Waals surface area contributed by atoms with Crippen LogP contribution in [0.3, 0.4) is 0 Å². The number of hydrogen-bond donors (Lipinski definition) is 2. The van der Waals surface area contributed by atoms with Gasteiger partial charge in [0.1, 0.15) is 0 Å². The Bertz CT molecular complexity index is 730. The van der Waals surface area contributed by atoms with Crippen LogP contribution in [0.2, 0.25) is 0 Å². The molecule has 0 aliphatic carbocycles. The topological polar surface area (TPSA) is 66.0 Å². The summed E-state index contributed by atoms with van der Waals surface area (Å²) < 4.78 is 6.16. The Balaban J connectivity index is 0.00000363. The van der Waals surface area contributed by atoms with Gasteiger partial charge in [-0.2, -0.15) is 0 Å². The van der Waals surface area contributed by atoms with Gasteiger partial charge in [-0.3, -0.25) is 9.79 Å². The van der Waals surface area contributed by atoms with E-state index in [1.165, 1.54) is 11.1 Å². The van der Waals surface area contributed by atoms with Crippen molar-refractivity contribution >= 4 is 35.8 Å². The van der Waals surface area contributed by atoms with E-state index < -0.39 is 0 Å². The fraction of sp³-hybridized carbons (Fsp3) is 0.680. The SMILES string of the molecule is CCNC(=NCC1CCCOC1c1ccc(C)cc1)NC1CCN(C(=O)C(C)C)CC1.I. The van der Waals surface area contributed by atoms with Crippen LogP contribution in [0.25, 0.3) is 0 Å². The van der Waals surface area contributed by atoms with Crippen molar-refractivity contribution in [2.75, 3.05) is 32.8 Å². The minimum absolute atomic E-state index is 0. The van der Waals surface area contributed by atoms with Crippen LogP contribution in [0.5, 0.6) is 0 Å². The molecule has 2 fully saturated rings. The molecule has 2 unspecified atom stereocenters. The van der Waals surface area contributed by atoms with Crippen LogP contribution in [0, 0.1) is 18.8 Å². The van der Waals surface area contributed by atoms with E-state index in [9.17, 15) is 4.79 Å². The van der Waals surface area contributed by atoms with Crippen LogP contribution in [-0.2, 0) is 9.53 Å². The van der Waals surface area contributed by atoms with Crippen molar-refractivity contribution in [3.05, 3.63) is 35.4 Å². The largest absolute Gasteiger partial charge is 0.373 e. The molecular weight excluding hydrogens is 515 g/mol. The zero-order chi connectivity index (χ0) is 22.2. The molecule has 2 aliphatic heterocycles. The van der Waals surface area contributed by atoms with Gasteiger partial charge in [0.15, 0.2) is 5.96 Å². The molecule has 180 valence electrons. The van der Waals surface area contributed by atoms with Gasteiger partial charge in [0.2, 0.25) is 5.91 Å². The molecule has 0 spiro atoms. The third kappa shape index (κ3) is 7.61. The number of hydrogen-bond acceptors (Lipinski definition) is 3. The van der Waals surface area contributed by atoms with Gasteiger partial charge in [0, 0.05) is 50.7 Å². The lowest BCUT2D eigenvalue weighted by atomic mass is 9.89. The number of aryl methyl sites for hydroxylation is 1. The van der Waals surface area contributed by atoms with Crippen molar-refractivity contribution < 1.29 is 9.53 Å². The molecule has 2 heterocycles. The first-order valence-electron chi connectivity index (χ1n) is 12.0. The second kappa shape index (κ2) is 13.4. The first kappa shape index (κ1) is 26.9. The normalized spacial score (nSPS) is 22.4. The number of carbonyl (C=O) groups excluding carboxylic acids is 1. The summed E-state index contributed by atoms with van der Waals surface area (Å²) >= 11 is 0. The van der Waals surface area contributed by atoms with Crippen LogP contribution in [0.4, 0.5) is 0 Å². The summed E-state index contributed by atoms with van der Waals surface area (Å²) in [5, 5.41) is 7.01. The third-order valence-electron chi connectivity index (χ3n) is 6.32. The van der Waals surface area contributed by atoms with Gasteiger partial charge in [-0.15, -0.1) is 24.0 Å². The van der Waals surface area contributed by atoms with Gasteiger partial charge >= 0.3 is 0 Å². The first-order valence-corrected chi connectivity index (χ1v) is 12.0. The van der Waals surface area contributed by atoms with Gasteiger partial charge in [0.25, 0.3) is 0 Å². The highest BCUT2D eigenvalue weighted by Gasteiger charge is 2.28. The number of aliphatic imine (C=N–C) groups is 1. The molecule has 1 amide bonds. The molecule has 1 aromatic rings. The molecule has 6 nitrogen and oxygen atoms in total. The number of ether oxygens (including phenoxy) is 1. The number of halogens is 1. The highest BCUT2D eigenvalue weighted by Crippen LogP contribution is 2.34. The molecule has 0 saturated carbocycles. The Hall–Kier alpha value is -1.35. The number of rotatable bonds is 6. The van der Waals surface area contributed by atoms with Crippen molar-refractivity contribution in [3.8, 4) is 0 Å². The van der Waals surface area contributed by atoms with Gasteiger partial charge in [-0.25, -0.2) is 0 Å². The van der Waals surface area contributed by atoms with Crippen LogP contribution < -0.4 is 10.6 Å². The fourth-order valence-electron chi connectivity index (χ4n) is 4.49. The maximum absolute atomic E-state index is 12.2. The lowest BCUT2D eigenvalue weighted by Gasteiger charge is -2.34. The molecule has 3 rings (SSSR count). The quantitative estimate of drug-likeness (QED) is 0.312. The number of amides is 1. The second-order valence-electron chi connectivity index (χ2n) is 9.22. The molecule has 7 heteroatoms. The maximum atomic E-state index is 12.2. The van der Waals surface area contributed by atoms with Crippen LogP contribution in [0.15, 0.2) is 29.3 Å². The summed E-state index contributed by atoms with van der Waals surface area (Å²) in [6.07, 6.45) is 4.26. The number of nitrogens with one attached hydrogen (secondary N) is 2. The standard InChI is InChI=1S/C25H40N4O2.HI/c1-5-26-25(28-22-12-14-29(15-13-22)24(30)18(2)3)27-17-21-7-6-16-31-23(21)20-10-8-19(4)9-11-20;/h8-11,18,21-23H,5-7,12-17H2,1-4H3,(H2,26,27,28);1H. The van der Waals surface area contributed by atoms with Gasteiger partial charge in [0.05, 0.1) is 6.10 Å². The molecule has 1 aromatic carbocycles. The van der Waals surface area contributed by atoms with Crippen molar-refractivity contribution in [1.29, 1.82) is 0 Å². The first-order chi connectivity index (χ1) is 15.0. The van der Waals surface area contributed by atoms with Crippen molar-refractivity contribution in [1.82, 2.24) is 15.5 Å². The Morgan fingerprint density at radius 2 is 1.88 bits per heavy atom. The molecule has 32 heavy (non-hydrogen) atoms. The van der Waals surface area contributed by atoms with Gasteiger partial charge in [-0.1, -0.05) is 43.7 Å². The predicted octanol–water partition coefficient (Wildman–Crippen LogP) is 4.28. The Morgan fingerprint density at radius 3 is 2.50 bits per heavy atom. The summed E-state index contributed by atoms with van der Waals surface area (Å²) in [5.74, 6) is 1.60. The number of guanidine groups is 1. The average Bonchev–Trinajstić information content (AvgIpc) is 2.78. The minimum atomic E-state index is 0. The van der Waals surface area contributed by atoms with Crippen LogP contribution in [-0.4, -0.2) is 55.6 Å². The predicted molar refractivity (Wildman–Crippen MR) is 142 cm³/mol. The van der Waals surface area contributed by atoms with Gasteiger partial charge < -0.3 is 20.3 Å². The molecule has 2 N–H and O–H groups in total. The van der Waals surface area contributed by atoms with E-state index in [-0.39, 0.29) is 41.9 Å². The number of carbonyl (C=O) groups is 1. The zero-order valence-corrected chi connectivity index (χ0v) is 22.4. The molecule has 2 atom stereocenters. The van der Waals surface area contributed by atoms with Crippen LogP contribution >= 0.6 is 24.0 Å². The number of likely N-dealkylation sites (tertiary alicyclic amines) is 1. The number of benzene rings is 1. The summed E-state index contributed by atoms with van der Waals surface area (Å²) in [6.45, 7) is 12.2. The summed E-state index contributed by atoms with van der Waals surface area (Å²) in [7, 11) is 0. The molecular formula is C25H41IN4O2. The van der Waals surface area contributed by atoms with Gasteiger partial charge in [-0.05, 0) is 45.1 Å². The van der Waals surface area contributed by atoms with E-state index in [0.717, 1.165) is 64.4 Å². The third-order valence-corrected chi connectivity index (χ3v) is 6.32. The summed E-state index contributed by atoms with van der Waals surface area (Å²) in [6, 6.07) is 9.06. The van der Waals surface area contributed by atoms with E-state index >= 15 is 0 Å².